The van der Waals surface area contributed by atoms with Gasteiger partial charge in [-0.1, -0.05) is 60.7 Å². The number of likely N-dealkylation sites (tertiary alicyclic amines) is 1. The van der Waals surface area contributed by atoms with Gasteiger partial charge in [0.25, 0.3) is 5.91 Å². The van der Waals surface area contributed by atoms with Crippen LogP contribution in [0.3, 0.4) is 0 Å². The number of carbonyl (C=O) groups excluding carboxylic acids is 4. The predicted octanol–water partition coefficient (Wildman–Crippen LogP) is 2.38. The van der Waals surface area contributed by atoms with Crippen LogP contribution in [-0.2, 0) is 38.7 Å². The predicted molar refractivity (Wildman–Crippen MR) is 128 cm³/mol. The molecule has 8 heteroatoms. The number of hydrogen-bond acceptors (Lipinski definition) is 5. The third kappa shape index (κ3) is 6.23. The molecule has 3 amide bonds. The van der Waals surface area contributed by atoms with Gasteiger partial charge in [-0.3, -0.25) is 19.2 Å². The molecule has 1 saturated heterocycles. The SMILES string of the molecule is O=C(NCc1ccco1)C(=O)C(Cc1ccccc1)NC(=O)C1CCC(=O)N1Cc1ccccc1. The second kappa shape index (κ2) is 11.3. The van der Waals surface area contributed by atoms with Gasteiger partial charge in [-0.25, -0.2) is 0 Å². The van der Waals surface area contributed by atoms with Crippen molar-refractivity contribution in [1.82, 2.24) is 15.5 Å². The van der Waals surface area contributed by atoms with Crippen LogP contribution in [0.25, 0.3) is 0 Å². The van der Waals surface area contributed by atoms with Gasteiger partial charge in [-0.15, -0.1) is 0 Å². The fourth-order valence-corrected chi connectivity index (χ4v) is 4.14. The van der Waals surface area contributed by atoms with E-state index in [4.69, 9.17) is 4.42 Å². The maximum absolute atomic E-state index is 13.3. The van der Waals surface area contributed by atoms with Gasteiger partial charge >= 0.3 is 0 Å². The zero-order chi connectivity index (χ0) is 24.6. The van der Waals surface area contributed by atoms with Crippen LogP contribution in [0.5, 0.6) is 0 Å². The molecule has 1 aliphatic rings. The molecule has 3 aromatic rings. The Morgan fingerprint density at radius 3 is 2.29 bits per heavy atom. The van der Waals surface area contributed by atoms with E-state index in [0.29, 0.717) is 18.7 Å². The summed E-state index contributed by atoms with van der Waals surface area (Å²) in [7, 11) is 0. The smallest absolute Gasteiger partial charge is 0.289 e. The van der Waals surface area contributed by atoms with E-state index in [1.807, 2.05) is 60.7 Å². The molecule has 180 valence electrons. The molecule has 2 N–H and O–H groups in total. The minimum absolute atomic E-state index is 0.0611. The fraction of sp³-hybridized carbons (Fsp3) is 0.259. The molecule has 1 aliphatic heterocycles. The van der Waals surface area contributed by atoms with E-state index in [1.54, 1.807) is 12.1 Å². The first-order valence-corrected chi connectivity index (χ1v) is 11.5. The van der Waals surface area contributed by atoms with Crippen LogP contribution in [0, 0.1) is 0 Å². The van der Waals surface area contributed by atoms with Gasteiger partial charge in [0.05, 0.1) is 12.8 Å². The number of nitrogens with one attached hydrogen (secondary N) is 2. The minimum Gasteiger partial charge on any atom is -0.467 e. The lowest BCUT2D eigenvalue weighted by molar-refractivity contribution is -0.141. The monoisotopic (exact) mass is 473 g/mol. The van der Waals surface area contributed by atoms with Gasteiger partial charge < -0.3 is 20.0 Å². The molecule has 0 spiro atoms. The van der Waals surface area contributed by atoms with Crippen molar-refractivity contribution in [2.24, 2.45) is 0 Å². The van der Waals surface area contributed by atoms with Crippen molar-refractivity contribution in [3.05, 3.63) is 95.9 Å². The molecule has 2 atom stereocenters. The average molecular weight is 474 g/mol. The zero-order valence-corrected chi connectivity index (χ0v) is 19.2. The molecule has 8 nitrogen and oxygen atoms in total. The Hall–Kier alpha value is -4.20. The maximum atomic E-state index is 13.3. The number of rotatable bonds is 10. The van der Waals surface area contributed by atoms with Crippen LogP contribution < -0.4 is 10.6 Å². The van der Waals surface area contributed by atoms with E-state index in [-0.39, 0.29) is 25.3 Å². The van der Waals surface area contributed by atoms with Crippen LogP contribution in [0.2, 0.25) is 0 Å². The number of hydrogen-bond donors (Lipinski definition) is 2. The molecule has 1 aromatic heterocycles. The number of ketones is 1. The lowest BCUT2D eigenvalue weighted by Crippen LogP contribution is -2.53. The lowest BCUT2D eigenvalue weighted by Gasteiger charge is -2.26. The Morgan fingerprint density at radius 1 is 0.943 bits per heavy atom. The van der Waals surface area contributed by atoms with Gasteiger partial charge in [0.1, 0.15) is 17.8 Å². The van der Waals surface area contributed by atoms with Crippen molar-refractivity contribution in [2.45, 2.75) is 44.4 Å². The number of furan rings is 1. The number of Topliss-reactive ketones (excluding diaryl/α,β-unsaturated/α-hetero) is 1. The molecule has 0 saturated carbocycles. The van der Waals surface area contributed by atoms with Crippen LogP contribution in [0.4, 0.5) is 0 Å². The maximum Gasteiger partial charge on any atom is 0.289 e. The summed E-state index contributed by atoms with van der Waals surface area (Å²) in [6, 6.07) is 20.2. The molecule has 2 heterocycles. The Kier molecular flexibility index (Phi) is 7.72. The standard InChI is InChI=1S/C27H27N3O5/c31-24-14-13-23(30(24)18-20-10-5-2-6-11-20)26(33)29-22(16-19-8-3-1-4-9-19)25(32)27(34)28-17-21-12-7-15-35-21/h1-12,15,22-23H,13-14,16-18H2,(H,28,34)(H,29,33). The quantitative estimate of drug-likeness (QED) is 0.440. The summed E-state index contributed by atoms with van der Waals surface area (Å²) in [6.45, 7) is 0.365. The van der Waals surface area contributed by atoms with Crippen LogP contribution in [0.1, 0.15) is 29.7 Å². The van der Waals surface area contributed by atoms with Crippen LogP contribution in [-0.4, -0.2) is 40.5 Å². The molecule has 0 radical (unpaired) electrons. The molecule has 4 rings (SSSR count). The molecule has 0 aliphatic carbocycles. The van der Waals surface area contributed by atoms with Crippen molar-refractivity contribution >= 4 is 23.5 Å². The Labute approximate surface area is 203 Å². The number of benzene rings is 2. The van der Waals surface area contributed by atoms with Gasteiger partial charge in [0.2, 0.25) is 17.6 Å². The lowest BCUT2D eigenvalue weighted by atomic mass is 10.0. The van der Waals surface area contributed by atoms with E-state index in [2.05, 4.69) is 10.6 Å². The Bertz CT molecular complexity index is 1160. The van der Waals surface area contributed by atoms with Gasteiger partial charge in [-0.05, 0) is 29.7 Å². The second-order valence-corrected chi connectivity index (χ2v) is 8.44. The largest absolute Gasteiger partial charge is 0.467 e. The van der Waals surface area contributed by atoms with Crippen molar-refractivity contribution < 1.29 is 23.6 Å². The normalized spacial score (nSPS) is 16.1. The van der Waals surface area contributed by atoms with E-state index < -0.39 is 29.7 Å². The first kappa shape index (κ1) is 23.9. The second-order valence-electron chi connectivity index (χ2n) is 8.44. The number of nitrogens with zero attached hydrogens (tertiary/aromatic N) is 1. The molecular weight excluding hydrogens is 446 g/mol. The molecule has 0 bridgehead atoms. The van der Waals surface area contributed by atoms with Crippen LogP contribution in [0.15, 0.2) is 83.5 Å². The van der Waals surface area contributed by atoms with E-state index >= 15 is 0 Å². The Balaban J connectivity index is 1.47. The van der Waals surface area contributed by atoms with E-state index in [0.717, 1.165) is 11.1 Å². The fourth-order valence-electron chi connectivity index (χ4n) is 4.14. The summed E-state index contributed by atoms with van der Waals surface area (Å²) < 4.78 is 5.19. The average Bonchev–Trinajstić information content (AvgIpc) is 3.53. The van der Waals surface area contributed by atoms with E-state index in [1.165, 1.54) is 11.2 Å². The summed E-state index contributed by atoms with van der Waals surface area (Å²) in [5, 5.41) is 5.30. The topological polar surface area (TPSA) is 109 Å². The highest BCUT2D eigenvalue weighted by Gasteiger charge is 2.38. The summed E-state index contributed by atoms with van der Waals surface area (Å²) >= 11 is 0. The summed E-state index contributed by atoms with van der Waals surface area (Å²) in [5.74, 6) is -1.62. The highest BCUT2D eigenvalue weighted by molar-refractivity contribution is 6.38. The molecule has 1 fully saturated rings. The molecule has 35 heavy (non-hydrogen) atoms. The summed E-state index contributed by atoms with van der Waals surface area (Å²) in [4.78, 5) is 53.0. The number of carbonyl (C=O) groups is 4. The van der Waals surface area contributed by atoms with Gasteiger partial charge in [0, 0.05) is 19.4 Å². The van der Waals surface area contributed by atoms with Crippen LogP contribution >= 0.6 is 0 Å². The van der Waals surface area contributed by atoms with E-state index in [9.17, 15) is 19.2 Å². The van der Waals surface area contributed by atoms with Crippen molar-refractivity contribution in [3.63, 3.8) is 0 Å². The Morgan fingerprint density at radius 2 is 1.63 bits per heavy atom. The zero-order valence-electron chi connectivity index (χ0n) is 19.2. The van der Waals surface area contributed by atoms with Gasteiger partial charge in [-0.2, -0.15) is 0 Å². The highest BCUT2D eigenvalue weighted by atomic mass is 16.3. The molecule has 2 aromatic carbocycles. The third-order valence-electron chi connectivity index (χ3n) is 5.97. The minimum atomic E-state index is -1.07. The third-order valence-corrected chi connectivity index (χ3v) is 5.97. The van der Waals surface area contributed by atoms with Crippen molar-refractivity contribution in [3.8, 4) is 0 Å². The first-order valence-electron chi connectivity index (χ1n) is 11.5. The van der Waals surface area contributed by atoms with Gasteiger partial charge in [0.15, 0.2) is 0 Å². The summed E-state index contributed by atoms with van der Waals surface area (Å²) in [5.41, 5.74) is 1.71. The first-order chi connectivity index (χ1) is 17.0. The van der Waals surface area contributed by atoms with Crippen molar-refractivity contribution in [2.75, 3.05) is 0 Å². The van der Waals surface area contributed by atoms with Crippen molar-refractivity contribution in [1.29, 1.82) is 0 Å². The molecular formula is C27H27N3O5. The summed E-state index contributed by atoms with van der Waals surface area (Å²) in [6.07, 6.45) is 2.24. The highest BCUT2D eigenvalue weighted by Crippen LogP contribution is 2.22. The molecule has 2 unspecified atom stereocenters. The number of amides is 3.